The normalized spacial score (nSPS) is 20.7. The standard InChI is InChI=1S/C12H12O5.K/c1-7-3-2-4-8(5-7)6-16-12(15)10-9(17-10)11(13)14;/h2-5,9-10H,6H2,1H3,(H,13,14);/q;+1/p-1. The summed E-state index contributed by atoms with van der Waals surface area (Å²) >= 11 is 0. The van der Waals surface area contributed by atoms with Crippen molar-refractivity contribution < 1.29 is 75.6 Å². The van der Waals surface area contributed by atoms with Gasteiger partial charge in [-0.15, -0.1) is 0 Å². The van der Waals surface area contributed by atoms with Gasteiger partial charge in [-0.2, -0.15) is 0 Å². The van der Waals surface area contributed by atoms with E-state index in [1.807, 2.05) is 31.2 Å². The number of ether oxygens (including phenoxy) is 2. The van der Waals surface area contributed by atoms with E-state index in [1.165, 1.54) is 0 Å². The van der Waals surface area contributed by atoms with Crippen LogP contribution in [-0.4, -0.2) is 24.1 Å². The quantitative estimate of drug-likeness (QED) is 0.324. The first kappa shape index (κ1) is 15.8. The molecule has 0 saturated carbocycles. The predicted octanol–water partition coefficient (Wildman–Crippen LogP) is -3.44. The molecule has 2 atom stereocenters. The van der Waals surface area contributed by atoms with Crippen LogP contribution in [0.4, 0.5) is 0 Å². The monoisotopic (exact) mass is 274 g/mol. The molecule has 2 rings (SSSR count). The van der Waals surface area contributed by atoms with Crippen LogP contribution in [0.1, 0.15) is 11.1 Å². The summed E-state index contributed by atoms with van der Waals surface area (Å²) < 4.78 is 9.55. The van der Waals surface area contributed by atoms with Crippen molar-refractivity contribution in [1.82, 2.24) is 0 Å². The van der Waals surface area contributed by atoms with Crippen molar-refractivity contribution in [2.75, 3.05) is 0 Å². The van der Waals surface area contributed by atoms with Crippen LogP contribution in [-0.2, 0) is 25.7 Å². The molecule has 0 N–H and O–H groups in total. The van der Waals surface area contributed by atoms with E-state index in [9.17, 15) is 14.7 Å². The third kappa shape index (κ3) is 4.15. The molecule has 0 aliphatic carbocycles. The van der Waals surface area contributed by atoms with Gasteiger partial charge in [0.25, 0.3) is 0 Å². The first-order valence-corrected chi connectivity index (χ1v) is 5.16. The van der Waals surface area contributed by atoms with Gasteiger partial charge in [0, 0.05) is 0 Å². The molecule has 6 heteroatoms. The third-order valence-corrected chi connectivity index (χ3v) is 2.42. The van der Waals surface area contributed by atoms with Gasteiger partial charge >= 0.3 is 57.4 Å². The predicted molar refractivity (Wildman–Crippen MR) is 54.6 cm³/mol. The zero-order valence-corrected chi connectivity index (χ0v) is 13.3. The molecule has 5 nitrogen and oxygen atoms in total. The summed E-state index contributed by atoms with van der Waals surface area (Å²) in [4.78, 5) is 21.7. The first-order chi connectivity index (χ1) is 8.08. The number of carboxylic acid groups (broad SMARTS) is 1. The van der Waals surface area contributed by atoms with Crippen molar-refractivity contribution in [3.63, 3.8) is 0 Å². The van der Waals surface area contributed by atoms with Crippen LogP contribution < -0.4 is 56.5 Å². The summed E-state index contributed by atoms with van der Waals surface area (Å²) in [6.45, 7) is 2.04. The van der Waals surface area contributed by atoms with Crippen LogP contribution in [0.15, 0.2) is 24.3 Å². The molecule has 0 bridgehead atoms. The van der Waals surface area contributed by atoms with Gasteiger partial charge in [-0.1, -0.05) is 29.8 Å². The SMILES string of the molecule is Cc1cccc(COC(=O)C2OC2C(=O)[O-])c1.[K+]. The van der Waals surface area contributed by atoms with Gasteiger partial charge in [-0.25, -0.2) is 4.79 Å². The second-order valence-corrected chi connectivity index (χ2v) is 3.89. The molecule has 0 aromatic heterocycles. The van der Waals surface area contributed by atoms with E-state index in [0.29, 0.717) is 0 Å². The summed E-state index contributed by atoms with van der Waals surface area (Å²) in [5.41, 5.74) is 1.91. The zero-order valence-electron chi connectivity index (χ0n) is 10.2. The Labute approximate surface area is 147 Å². The van der Waals surface area contributed by atoms with E-state index in [2.05, 4.69) is 4.74 Å². The molecule has 1 heterocycles. The summed E-state index contributed by atoms with van der Waals surface area (Å²) in [5.74, 6) is -2.05. The van der Waals surface area contributed by atoms with Gasteiger partial charge in [0.15, 0.2) is 6.10 Å². The van der Waals surface area contributed by atoms with Crippen LogP contribution in [0.25, 0.3) is 0 Å². The number of carbonyl (C=O) groups is 2. The summed E-state index contributed by atoms with van der Waals surface area (Å²) in [6.07, 6.45) is -2.16. The van der Waals surface area contributed by atoms with Crippen molar-refractivity contribution in [2.45, 2.75) is 25.7 Å². The van der Waals surface area contributed by atoms with Gasteiger partial charge in [-0.3, -0.25) is 0 Å². The molecule has 1 aromatic carbocycles. The van der Waals surface area contributed by atoms with E-state index < -0.39 is 24.1 Å². The molecule has 90 valence electrons. The fraction of sp³-hybridized carbons (Fsp3) is 0.333. The third-order valence-electron chi connectivity index (χ3n) is 2.42. The van der Waals surface area contributed by atoms with Crippen molar-refractivity contribution in [1.29, 1.82) is 0 Å². The smallest absolute Gasteiger partial charge is 0.547 e. The van der Waals surface area contributed by atoms with E-state index in [4.69, 9.17) is 4.74 Å². The Bertz CT molecular complexity index is 460. The second-order valence-electron chi connectivity index (χ2n) is 3.89. The molecule has 1 aliphatic rings. The number of carboxylic acids is 1. The van der Waals surface area contributed by atoms with Crippen LogP contribution >= 0.6 is 0 Å². The number of aryl methyl sites for hydroxylation is 1. The van der Waals surface area contributed by atoms with Crippen LogP contribution in [0.3, 0.4) is 0 Å². The van der Waals surface area contributed by atoms with E-state index >= 15 is 0 Å². The van der Waals surface area contributed by atoms with Crippen LogP contribution in [0.5, 0.6) is 0 Å². The number of epoxide rings is 1. The van der Waals surface area contributed by atoms with Gasteiger partial charge < -0.3 is 19.4 Å². The Kier molecular flexibility index (Phi) is 5.96. The van der Waals surface area contributed by atoms with Crippen LogP contribution in [0, 0.1) is 6.92 Å². The van der Waals surface area contributed by atoms with E-state index in [0.717, 1.165) is 11.1 Å². The Morgan fingerprint density at radius 2 is 2.11 bits per heavy atom. The molecule has 2 unspecified atom stereocenters. The molecular formula is C12H11KO5. The minimum atomic E-state index is -1.39. The zero-order chi connectivity index (χ0) is 12.4. The molecule has 1 fully saturated rings. The average Bonchev–Trinajstić information content (AvgIpc) is 3.06. The topological polar surface area (TPSA) is 79.0 Å². The van der Waals surface area contributed by atoms with Crippen molar-refractivity contribution in [2.24, 2.45) is 0 Å². The largest absolute Gasteiger partial charge is 1.00 e. The maximum absolute atomic E-state index is 11.3. The molecule has 1 aliphatic heterocycles. The number of hydrogen-bond acceptors (Lipinski definition) is 5. The van der Waals surface area contributed by atoms with Crippen molar-refractivity contribution in [3.8, 4) is 0 Å². The second kappa shape index (κ2) is 6.79. The maximum atomic E-state index is 11.3. The molecular weight excluding hydrogens is 263 g/mol. The molecule has 1 aromatic rings. The van der Waals surface area contributed by atoms with Crippen molar-refractivity contribution >= 4 is 11.9 Å². The number of aliphatic carboxylic acids is 1. The molecule has 0 spiro atoms. The minimum absolute atomic E-state index is 0. The summed E-state index contributed by atoms with van der Waals surface area (Å²) in [6, 6.07) is 7.50. The molecule has 1 saturated heterocycles. The van der Waals surface area contributed by atoms with Gasteiger partial charge in [-0.05, 0) is 12.5 Å². The summed E-state index contributed by atoms with van der Waals surface area (Å²) in [7, 11) is 0. The first-order valence-electron chi connectivity index (χ1n) is 5.16. The maximum Gasteiger partial charge on any atom is 1.00 e. The Morgan fingerprint density at radius 1 is 1.39 bits per heavy atom. The van der Waals surface area contributed by atoms with Gasteiger partial charge in [0.2, 0.25) is 0 Å². The van der Waals surface area contributed by atoms with E-state index in [-0.39, 0.29) is 58.0 Å². The van der Waals surface area contributed by atoms with E-state index in [1.54, 1.807) is 0 Å². The Hall–Kier alpha value is -0.244. The van der Waals surface area contributed by atoms with Gasteiger partial charge in [0.1, 0.15) is 12.7 Å². The average molecular weight is 274 g/mol. The Balaban J connectivity index is 0.00000162. The number of rotatable bonds is 4. The molecule has 18 heavy (non-hydrogen) atoms. The fourth-order valence-corrected chi connectivity index (χ4v) is 1.51. The number of carbonyl (C=O) groups excluding carboxylic acids is 2. The molecule has 0 radical (unpaired) electrons. The number of benzene rings is 1. The van der Waals surface area contributed by atoms with Crippen molar-refractivity contribution in [3.05, 3.63) is 35.4 Å². The number of esters is 1. The molecule has 0 amide bonds. The Morgan fingerprint density at radius 3 is 2.67 bits per heavy atom. The van der Waals surface area contributed by atoms with Crippen LogP contribution in [0.2, 0.25) is 0 Å². The number of hydrogen-bond donors (Lipinski definition) is 0. The minimum Gasteiger partial charge on any atom is -0.547 e. The fourth-order valence-electron chi connectivity index (χ4n) is 1.51. The summed E-state index contributed by atoms with van der Waals surface area (Å²) in [5, 5.41) is 10.4. The van der Waals surface area contributed by atoms with Gasteiger partial charge in [0.05, 0.1) is 5.97 Å².